The number of thiazole rings is 1. The first kappa shape index (κ1) is 13.6. The summed E-state index contributed by atoms with van der Waals surface area (Å²) in [5, 5.41) is 15.0. The first-order valence-electron chi connectivity index (χ1n) is 6.55. The molecule has 7 nitrogen and oxygen atoms in total. The molecule has 112 valence electrons. The molecule has 1 aliphatic rings. The van der Waals surface area contributed by atoms with Crippen molar-refractivity contribution in [3.8, 4) is 21.3 Å². The molecule has 9 heteroatoms. The predicted octanol–water partition coefficient (Wildman–Crippen LogP) is 3.61. The Labute approximate surface area is 134 Å². The number of hydrogen-bond donors (Lipinski definition) is 0. The molecule has 0 amide bonds. The highest BCUT2D eigenvalue weighted by molar-refractivity contribution is 7.15. The van der Waals surface area contributed by atoms with Crippen LogP contribution in [-0.4, -0.2) is 33.4 Å². The fourth-order valence-corrected chi connectivity index (χ4v) is 3.75. The van der Waals surface area contributed by atoms with Crippen molar-refractivity contribution in [1.29, 1.82) is 0 Å². The maximum Gasteiger partial charge on any atom is 0.188 e. The second-order valence-electron chi connectivity index (χ2n) is 4.66. The van der Waals surface area contributed by atoms with Crippen molar-refractivity contribution in [3.63, 3.8) is 0 Å². The number of hydrogen-bond acceptors (Lipinski definition) is 8. The molecule has 0 saturated heterocycles. The molecule has 4 heterocycles. The number of fused-ring (bicyclic) bond motifs is 1. The number of rotatable bonds is 4. The highest BCUT2D eigenvalue weighted by atomic mass is 32.1. The Morgan fingerprint density at radius 2 is 2.32 bits per heavy atom. The molecule has 0 unspecified atom stereocenters. The van der Waals surface area contributed by atoms with Gasteiger partial charge in [-0.05, 0) is 11.4 Å². The first-order chi connectivity index (χ1) is 10.8. The lowest BCUT2D eigenvalue weighted by molar-refractivity contribution is 0.0335. The van der Waals surface area contributed by atoms with E-state index in [2.05, 4.69) is 26.4 Å². The van der Waals surface area contributed by atoms with E-state index in [1.54, 1.807) is 41.1 Å². The van der Waals surface area contributed by atoms with Crippen molar-refractivity contribution in [3.05, 3.63) is 29.2 Å². The molecule has 3 aromatic heterocycles. The van der Waals surface area contributed by atoms with E-state index in [4.69, 9.17) is 4.74 Å². The quantitative estimate of drug-likeness (QED) is 0.732. The predicted molar refractivity (Wildman–Crippen MR) is 84.9 cm³/mol. The van der Waals surface area contributed by atoms with Gasteiger partial charge >= 0.3 is 0 Å². The molecule has 0 spiro atoms. The van der Waals surface area contributed by atoms with Crippen LogP contribution in [0.2, 0.25) is 0 Å². The van der Waals surface area contributed by atoms with Crippen LogP contribution in [0.15, 0.2) is 39.6 Å². The standard InChI is InChI=1S/C13H12N6OS2/c1-20-8-19-7-18-6-14-11(12(18)16-17-19)13-15-9(5-22-13)10-3-2-4-21-10/h2-6H,7-8H2,1H3. The summed E-state index contributed by atoms with van der Waals surface area (Å²) >= 11 is 3.25. The summed E-state index contributed by atoms with van der Waals surface area (Å²) in [5.41, 5.74) is 1.75. The van der Waals surface area contributed by atoms with E-state index < -0.39 is 0 Å². The summed E-state index contributed by atoms with van der Waals surface area (Å²) in [6, 6.07) is 4.09. The van der Waals surface area contributed by atoms with Crippen molar-refractivity contribution in [1.82, 2.24) is 19.5 Å². The van der Waals surface area contributed by atoms with Gasteiger partial charge < -0.3 is 4.74 Å². The van der Waals surface area contributed by atoms with Crippen molar-refractivity contribution >= 4 is 28.5 Å². The van der Waals surface area contributed by atoms with E-state index in [9.17, 15) is 0 Å². The van der Waals surface area contributed by atoms with Crippen LogP contribution in [0.3, 0.4) is 0 Å². The number of methoxy groups -OCH3 is 1. The van der Waals surface area contributed by atoms with Crippen molar-refractivity contribution in [2.45, 2.75) is 6.67 Å². The number of ether oxygens (including phenoxy) is 1. The van der Waals surface area contributed by atoms with Gasteiger partial charge in [0, 0.05) is 12.5 Å². The van der Waals surface area contributed by atoms with Gasteiger partial charge in [0.15, 0.2) is 5.82 Å². The first-order valence-corrected chi connectivity index (χ1v) is 8.31. The molecule has 4 rings (SSSR count). The minimum atomic E-state index is 0.399. The van der Waals surface area contributed by atoms with Crippen LogP contribution in [-0.2, 0) is 11.4 Å². The van der Waals surface area contributed by atoms with E-state index in [1.165, 1.54) is 0 Å². The van der Waals surface area contributed by atoms with Crippen molar-refractivity contribution in [2.75, 3.05) is 13.8 Å². The summed E-state index contributed by atoms with van der Waals surface area (Å²) in [6.07, 6.45) is 1.76. The van der Waals surface area contributed by atoms with Crippen LogP contribution in [0.4, 0.5) is 5.82 Å². The molecule has 0 bridgehead atoms. The van der Waals surface area contributed by atoms with E-state index in [-0.39, 0.29) is 0 Å². The minimum Gasteiger partial charge on any atom is -0.363 e. The fourth-order valence-electron chi connectivity index (χ4n) is 2.18. The molecule has 0 aromatic carbocycles. The van der Waals surface area contributed by atoms with Gasteiger partial charge in [0.1, 0.15) is 24.1 Å². The summed E-state index contributed by atoms with van der Waals surface area (Å²) in [7, 11) is 1.63. The minimum absolute atomic E-state index is 0.399. The van der Waals surface area contributed by atoms with Crippen molar-refractivity contribution < 1.29 is 4.74 Å². The molecule has 0 saturated carbocycles. The molecule has 1 aliphatic heterocycles. The number of imidazole rings is 1. The fraction of sp³-hybridized carbons (Fsp3) is 0.231. The Morgan fingerprint density at radius 1 is 1.36 bits per heavy atom. The van der Waals surface area contributed by atoms with Gasteiger partial charge in [-0.25, -0.2) is 15.0 Å². The van der Waals surface area contributed by atoms with Gasteiger partial charge in [0.25, 0.3) is 0 Å². The normalized spacial score (nSPS) is 13.6. The molecule has 0 atom stereocenters. The molecular weight excluding hydrogens is 320 g/mol. The molecule has 3 aromatic rings. The van der Waals surface area contributed by atoms with Gasteiger partial charge in [-0.15, -0.1) is 27.8 Å². The van der Waals surface area contributed by atoms with E-state index in [1.807, 2.05) is 21.4 Å². The third-order valence-corrected chi connectivity index (χ3v) is 4.89. The molecule has 0 aliphatic carbocycles. The van der Waals surface area contributed by atoms with Gasteiger partial charge in [-0.2, -0.15) is 0 Å². The molecular formula is C13H12N6OS2. The lowest BCUT2D eigenvalue weighted by Gasteiger charge is -2.20. The number of thiophene rings is 1. The van der Waals surface area contributed by atoms with E-state index in [0.29, 0.717) is 13.4 Å². The monoisotopic (exact) mass is 332 g/mol. The Hall–Kier alpha value is -2.10. The zero-order chi connectivity index (χ0) is 14.9. The van der Waals surface area contributed by atoms with E-state index >= 15 is 0 Å². The third kappa shape index (κ3) is 2.32. The molecule has 0 N–H and O–H groups in total. The second-order valence-corrected chi connectivity index (χ2v) is 6.46. The van der Waals surface area contributed by atoms with Crippen LogP contribution in [0, 0.1) is 0 Å². The Kier molecular flexibility index (Phi) is 3.45. The average Bonchev–Trinajstić information content (AvgIpc) is 3.26. The van der Waals surface area contributed by atoms with E-state index in [0.717, 1.165) is 27.1 Å². The largest absolute Gasteiger partial charge is 0.363 e. The zero-order valence-corrected chi connectivity index (χ0v) is 13.3. The van der Waals surface area contributed by atoms with Crippen LogP contribution >= 0.6 is 22.7 Å². The Morgan fingerprint density at radius 3 is 3.14 bits per heavy atom. The van der Waals surface area contributed by atoms with Crippen LogP contribution < -0.4 is 0 Å². The van der Waals surface area contributed by atoms with Gasteiger partial charge in [-0.1, -0.05) is 11.3 Å². The second kappa shape index (κ2) is 5.59. The summed E-state index contributed by atoms with van der Waals surface area (Å²) in [6.45, 7) is 0.971. The number of nitrogens with zero attached hydrogens (tertiary/aromatic N) is 6. The summed E-state index contributed by atoms with van der Waals surface area (Å²) in [4.78, 5) is 10.3. The summed E-state index contributed by atoms with van der Waals surface area (Å²) < 4.78 is 7.00. The van der Waals surface area contributed by atoms with Gasteiger partial charge in [0.2, 0.25) is 0 Å². The third-order valence-electron chi connectivity index (χ3n) is 3.15. The van der Waals surface area contributed by atoms with Crippen LogP contribution in [0.25, 0.3) is 21.3 Å². The zero-order valence-electron chi connectivity index (χ0n) is 11.7. The lowest BCUT2D eigenvalue weighted by atomic mass is 10.4. The van der Waals surface area contributed by atoms with Gasteiger partial charge in [-0.3, -0.25) is 4.57 Å². The van der Waals surface area contributed by atoms with Crippen LogP contribution in [0.5, 0.6) is 0 Å². The lowest BCUT2D eigenvalue weighted by Crippen LogP contribution is -2.24. The van der Waals surface area contributed by atoms with Gasteiger partial charge in [0.05, 0.1) is 16.9 Å². The highest BCUT2D eigenvalue weighted by Gasteiger charge is 2.21. The van der Waals surface area contributed by atoms with Crippen LogP contribution in [0.1, 0.15) is 0 Å². The smallest absolute Gasteiger partial charge is 0.188 e. The topological polar surface area (TPSA) is 67.9 Å². The maximum atomic E-state index is 5.06. The number of aromatic nitrogens is 3. The molecule has 22 heavy (non-hydrogen) atoms. The Bertz CT molecular complexity index is 806. The summed E-state index contributed by atoms with van der Waals surface area (Å²) in [5.74, 6) is 0.736. The molecule has 0 fully saturated rings. The maximum absolute atomic E-state index is 5.06. The molecule has 0 radical (unpaired) electrons. The SMILES string of the molecule is COCN1Cn2cnc(-c3nc(-c4cccs4)cs3)c2N=N1. The Balaban J connectivity index is 1.65. The highest BCUT2D eigenvalue weighted by Crippen LogP contribution is 2.36. The van der Waals surface area contributed by atoms with Crippen molar-refractivity contribution in [2.24, 2.45) is 10.3 Å². The average molecular weight is 332 g/mol.